The van der Waals surface area contributed by atoms with E-state index in [-0.39, 0.29) is 37.5 Å². The van der Waals surface area contributed by atoms with E-state index in [9.17, 15) is 14.4 Å². The van der Waals surface area contributed by atoms with Crippen LogP contribution < -0.4 is 0 Å². The summed E-state index contributed by atoms with van der Waals surface area (Å²) in [6.45, 7) is 6.30. The second-order valence-corrected chi connectivity index (χ2v) is 19.8. The number of ether oxygens (including phenoxy) is 3. The highest BCUT2D eigenvalue weighted by molar-refractivity contribution is 5.71. The number of carbonyl (C=O) groups is 3. The van der Waals surface area contributed by atoms with Crippen LogP contribution in [0.5, 0.6) is 0 Å². The van der Waals surface area contributed by atoms with Crippen molar-refractivity contribution in [1.29, 1.82) is 0 Å². The maximum Gasteiger partial charge on any atom is 0.306 e. The van der Waals surface area contributed by atoms with Crippen LogP contribution in [0.15, 0.2) is 170 Å². The lowest BCUT2D eigenvalue weighted by Crippen LogP contribution is -2.30. The molecule has 0 aromatic carbocycles. The third-order valence-electron chi connectivity index (χ3n) is 12.4. The molecule has 0 rings (SSSR count). The lowest BCUT2D eigenvalue weighted by molar-refractivity contribution is -0.167. The van der Waals surface area contributed by atoms with Gasteiger partial charge in [0.15, 0.2) is 6.10 Å². The van der Waals surface area contributed by atoms with Gasteiger partial charge in [0.05, 0.1) is 0 Å². The first-order valence-electron chi connectivity index (χ1n) is 31.1. The minimum Gasteiger partial charge on any atom is -0.462 e. The Morgan fingerprint density at radius 1 is 0.269 bits per heavy atom. The fourth-order valence-corrected chi connectivity index (χ4v) is 7.82. The Morgan fingerprint density at radius 3 is 0.795 bits per heavy atom. The number of esters is 3. The molecule has 6 heteroatoms. The molecule has 0 amide bonds. The zero-order chi connectivity index (χ0) is 56.4. The maximum atomic E-state index is 12.9. The number of unbranched alkanes of at least 4 members (excludes halogenated alkanes) is 15. The molecule has 0 saturated heterocycles. The summed E-state index contributed by atoms with van der Waals surface area (Å²) < 4.78 is 16.9. The smallest absolute Gasteiger partial charge is 0.306 e. The molecule has 0 heterocycles. The predicted molar refractivity (Wildman–Crippen MR) is 338 cm³/mol. The van der Waals surface area contributed by atoms with Gasteiger partial charge in [-0.3, -0.25) is 14.4 Å². The summed E-state index contributed by atoms with van der Waals surface area (Å²) in [5, 5.41) is 0. The summed E-state index contributed by atoms with van der Waals surface area (Å²) in [6, 6.07) is 0. The van der Waals surface area contributed by atoms with Crippen LogP contribution in [0.25, 0.3) is 0 Å². The quantitative estimate of drug-likeness (QED) is 0.0261. The Labute approximate surface area is 479 Å². The van der Waals surface area contributed by atoms with Crippen molar-refractivity contribution in [2.24, 2.45) is 0 Å². The third kappa shape index (κ3) is 61.6. The van der Waals surface area contributed by atoms with Crippen molar-refractivity contribution >= 4 is 17.9 Å². The number of hydrogen-bond donors (Lipinski definition) is 0. The van der Waals surface area contributed by atoms with E-state index in [0.717, 1.165) is 186 Å². The minimum atomic E-state index is -0.819. The van der Waals surface area contributed by atoms with Gasteiger partial charge >= 0.3 is 17.9 Å². The molecule has 0 aliphatic rings. The van der Waals surface area contributed by atoms with E-state index in [1.165, 1.54) is 19.3 Å². The van der Waals surface area contributed by atoms with E-state index in [1.54, 1.807) is 0 Å². The van der Waals surface area contributed by atoms with Crippen LogP contribution in [0.2, 0.25) is 0 Å². The largest absolute Gasteiger partial charge is 0.462 e. The first-order valence-corrected chi connectivity index (χ1v) is 31.1. The van der Waals surface area contributed by atoms with Crippen molar-refractivity contribution in [3.63, 3.8) is 0 Å². The SMILES string of the molecule is CC/C=C\C/C=C\C/C=C\C/C=C\C/C=C\C/C=C\C/C=C\CCCCCC(=O)OCC(COC(=O)CCCCCCC/C=C\C/C=C\CCCC)OC(=O)CCCCCCC/C=C\C/C=C\C/C=C\C/C=C\C/C=C\CC. The van der Waals surface area contributed by atoms with Crippen molar-refractivity contribution < 1.29 is 28.6 Å². The lowest BCUT2D eigenvalue weighted by Gasteiger charge is -2.18. The number of allylic oxidation sites excluding steroid dienone is 28. The Balaban J connectivity index is 4.52. The van der Waals surface area contributed by atoms with E-state index in [2.05, 4.69) is 191 Å². The van der Waals surface area contributed by atoms with Crippen molar-refractivity contribution in [1.82, 2.24) is 0 Å². The van der Waals surface area contributed by atoms with Crippen molar-refractivity contribution in [2.45, 2.75) is 252 Å². The standard InChI is InChI=1S/C72H112O6/c1-4-7-10-13-16-19-22-25-28-30-32-34-35-36-37-39-40-42-44-47-50-53-56-59-62-65-71(74)77-68-69(67-76-70(73)64-61-58-55-52-49-46-27-24-21-18-15-12-9-6-3)78-72(75)66-63-60-57-54-51-48-45-43-41-38-33-31-29-26-23-20-17-14-11-8-5-2/h7-8,10-11,15-20,24-29,32-34,36-38,40,42-43,45,47,50,69H,4-6,9,12-14,21-23,30-31,35,39,41,44,46,48-49,51-68H2,1-3H3/b10-7-,11-8-,18-15-,19-16-,20-17-,27-24-,28-25-,29-26-,34-32-,37-36-,38-33-,42-40-,45-43-,50-47-. The summed E-state index contributed by atoms with van der Waals surface area (Å²) in [5.74, 6) is -0.985. The number of hydrogen-bond acceptors (Lipinski definition) is 6. The van der Waals surface area contributed by atoms with Crippen LogP contribution in [0.1, 0.15) is 245 Å². The normalized spacial score (nSPS) is 13.3. The van der Waals surface area contributed by atoms with Gasteiger partial charge in [-0.25, -0.2) is 0 Å². The molecule has 1 unspecified atom stereocenters. The molecule has 0 aliphatic heterocycles. The van der Waals surface area contributed by atoms with Gasteiger partial charge < -0.3 is 14.2 Å². The monoisotopic (exact) mass is 1070 g/mol. The van der Waals surface area contributed by atoms with Gasteiger partial charge in [0.1, 0.15) is 13.2 Å². The van der Waals surface area contributed by atoms with E-state index in [0.29, 0.717) is 12.8 Å². The summed E-state index contributed by atoms with van der Waals surface area (Å²) in [7, 11) is 0. The van der Waals surface area contributed by atoms with Gasteiger partial charge in [0.25, 0.3) is 0 Å². The first kappa shape index (κ1) is 72.8. The topological polar surface area (TPSA) is 78.9 Å². The average Bonchev–Trinajstić information content (AvgIpc) is 3.44. The Hall–Kier alpha value is -5.23. The molecule has 0 aromatic heterocycles. The summed E-state index contributed by atoms with van der Waals surface area (Å²) in [4.78, 5) is 38.3. The van der Waals surface area contributed by atoms with Gasteiger partial charge in [-0.1, -0.05) is 249 Å². The van der Waals surface area contributed by atoms with Gasteiger partial charge in [-0.15, -0.1) is 0 Å². The van der Waals surface area contributed by atoms with E-state index < -0.39 is 6.10 Å². The van der Waals surface area contributed by atoms with Crippen LogP contribution >= 0.6 is 0 Å². The molecule has 436 valence electrons. The molecule has 0 bridgehead atoms. The highest BCUT2D eigenvalue weighted by Gasteiger charge is 2.19. The second-order valence-electron chi connectivity index (χ2n) is 19.8. The van der Waals surface area contributed by atoms with Crippen molar-refractivity contribution in [2.75, 3.05) is 13.2 Å². The molecule has 6 nitrogen and oxygen atoms in total. The average molecular weight is 1070 g/mol. The molecule has 0 fully saturated rings. The molecule has 78 heavy (non-hydrogen) atoms. The zero-order valence-electron chi connectivity index (χ0n) is 49.9. The minimum absolute atomic E-state index is 0.112. The van der Waals surface area contributed by atoms with Crippen LogP contribution in [-0.2, 0) is 28.6 Å². The van der Waals surface area contributed by atoms with Crippen LogP contribution in [0.4, 0.5) is 0 Å². The number of rotatable bonds is 54. The summed E-state index contributed by atoms with van der Waals surface area (Å²) in [6.07, 6.45) is 94.9. The van der Waals surface area contributed by atoms with Gasteiger partial charge in [-0.2, -0.15) is 0 Å². The van der Waals surface area contributed by atoms with Crippen LogP contribution in [0.3, 0.4) is 0 Å². The summed E-state index contributed by atoms with van der Waals surface area (Å²) >= 11 is 0. The Bertz CT molecular complexity index is 1810. The fourth-order valence-electron chi connectivity index (χ4n) is 7.82. The van der Waals surface area contributed by atoms with E-state index >= 15 is 0 Å². The van der Waals surface area contributed by atoms with E-state index in [1.807, 2.05) is 0 Å². The number of carbonyl (C=O) groups excluding carboxylic acids is 3. The van der Waals surface area contributed by atoms with Crippen molar-refractivity contribution in [3.8, 4) is 0 Å². The second kappa shape index (κ2) is 64.3. The van der Waals surface area contributed by atoms with Crippen molar-refractivity contribution in [3.05, 3.63) is 170 Å². The fraction of sp³-hybridized carbons (Fsp3) is 0.569. The molecule has 0 radical (unpaired) electrons. The van der Waals surface area contributed by atoms with Crippen LogP contribution in [0, 0.1) is 0 Å². The Morgan fingerprint density at radius 2 is 0.500 bits per heavy atom. The molecule has 0 aliphatic carbocycles. The molecule has 0 N–H and O–H groups in total. The molecule has 0 spiro atoms. The first-order chi connectivity index (χ1) is 38.5. The van der Waals surface area contributed by atoms with Gasteiger partial charge in [-0.05, 0) is 148 Å². The molecular weight excluding hydrogens is 961 g/mol. The highest BCUT2D eigenvalue weighted by atomic mass is 16.6. The lowest BCUT2D eigenvalue weighted by atomic mass is 10.1. The summed E-state index contributed by atoms with van der Waals surface area (Å²) in [5.41, 5.74) is 0. The third-order valence-corrected chi connectivity index (χ3v) is 12.4. The Kier molecular flexibility index (Phi) is 60.0. The van der Waals surface area contributed by atoms with Gasteiger partial charge in [0, 0.05) is 19.3 Å². The highest BCUT2D eigenvalue weighted by Crippen LogP contribution is 2.13. The maximum absolute atomic E-state index is 12.9. The van der Waals surface area contributed by atoms with Gasteiger partial charge in [0.2, 0.25) is 0 Å². The molecular formula is C72H112O6. The molecule has 0 saturated carbocycles. The zero-order valence-corrected chi connectivity index (χ0v) is 49.9. The molecule has 0 aromatic rings. The van der Waals surface area contributed by atoms with E-state index in [4.69, 9.17) is 14.2 Å². The molecule has 1 atom stereocenters. The predicted octanol–water partition coefficient (Wildman–Crippen LogP) is 21.5. The van der Waals surface area contributed by atoms with Crippen LogP contribution in [-0.4, -0.2) is 37.2 Å².